The maximum atomic E-state index is 9.89. The molecule has 0 aromatic heterocycles. The lowest BCUT2D eigenvalue weighted by Gasteiger charge is -2.32. The van der Waals surface area contributed by atoms with Crippen LogP contribution in [0.5, 0.6) is 0 Å². The van der Waals surface area contributed by atoms with Gasteiger partial charge < -0.3 is 10.4 Å². The average molecular weight is 155 g/mol. The molecule has 0 amide bonds. The number of hydrogen-bond acceptors (Lipinski definition) is 2. The summed E-state index contributed by atoms with van der Waals surface area (Å²) in [5.41, 5.74) is -0.452. The molecular formula is C9H17NO. The van der Waals surface area contributed by atoms with Crippen LogP contribution in [0.15, 0.2) is 12.7 Å². The van der Waals surface area contributed by atoms with E-state index in [1.54, 1.807) is 0 Å². The number of rotatable bonds is 3. The normalized spacial score (nSPS) is 31.7. The Morgan fingerprint density at radius 3 is 3.00 bits per heavy atom. The number of hydrogen-bond donors (Lipinski definition) is 2. The van der Waals surface area contributed by atoms with Gasteiger partial charge in [0.2, 0.25) is 0 Å². The standard InChI is InChI=1S/C9H17NO/c1-2-3-5-9(11)6-4-7-10-8-9/h2,10-11H,1,3-8H2. The average Bonchev–Trinajstić information content (AvgIpc) is 2.03. The van der Waals surface area contributed by atoms with E-state index < -0.39 is 5.60 Å². The SMILES string of the molecule is C=CCCC1(O)CCCNC1. The van der Waals surface area contributed by atoms with Gasteiger partial charge in [0.1, 0.15) is 0 Å². The molecule has 1 heterocycles. The highest BCUT2D eigenvalue weighted by atomic mass is 16.3. The molecule has 2 heteroatoms. The molecule has 1 aliphatic heterocycles. The van der Waals surface area contributed by atoms with Crippen molar-refractivity contribution in [3.05, 3.63) is 12.7 Å². The van der Waals surface area contributed by atoms with Crippen molar-refractivity contribution >= 4 is 0 Å². The van der Waals surface area contributed by atoms with E-state index in [-0.39, 0.29) is 0 Å². The minimum absolute atomic E-state index is 0.452. The molecule has 11 heavy (non-hydrogen) atoms. The van der Waals surface area contributed by atoms with Crippen molar-refractivity contribution in [2.75, 3.05) is 13.1 Å². The van der Waals surface area contributed by atoms with Gasteiger partial charge in [0.25, 0.3) is 0 Å². The Kier molecular flexibility index (Phi) is 3.09. The van der Waals surface area contributed by atoms with Gasteiger partial charge in [-0.05, 0) is 32.2 Å². The number of β-amino-alcohol motifs (C(OH)–C–C–N with tert-alkyl or cyclic N) is 1. The van der Waals surface area contributed by atoms with Gasteiger partial charge in [-0.2, -0.15) is 0 Å². The minimum atomic E-state index is -0.452. The van der Waals surface area contributed by atoms with Gasteiger partial charge in [0.05, 0.1) is 5.60 Å². The summed E-state index contributed by atoms with van der Waals surface area (Å²) in [5, 5.41) is 13.1. The molecule has 1 fully saturated rings. The molecule has 0 aromatic rings. The molecule has 2 nitrogen and oxygen atoms in total. The quantitative estimate of drug-likeness (QED) is 0.597. The Morgan fingerprint density at radius 1 is 1.64 bits per heavy atom. The van der Waals surface area contributed by atoms with Crippen LogP contribution in [-0.4, -0.2) is 23.8 Å². The second-order valence-corrected chi connectivity index (χ2v) is 3.33. The smallest absolute Gasteiger partial charge is 0.0775 e. The summed E-state index contributed by atoms with van der Waals surface area (Å²) >= 11 is 0. The van der Waals surface area contributed by atoms with E-state index >= 15 is 0 Å². The van der Waals surface area contributed by atoms with E-state index in [0.717, 1.165) is 38.8 Å². The summed E-state index contributed by atoms with van der Waals surface area (Å²) in [5.74, 6) is 0. The zero-order chi connectivity index (χ0) is 8.16. The molecule has 1 atom stereocenters. The Bertz CT molecular complexity index is 128. The first-order valence-corrected chi connectivity index (χ1v) is 4.31. The third-order valence-corrected chi connectivity index (χ3v) is 2.26. The fourth-order valence-electron chi connectivity index (χ4n) is 1.54. The van der Waals surface area contributed by atoms with Crippen LogP contribution in [0.25, 0.3) is 0 Å². The summed E-state index contributed by atoms with van der Waals surface area (Å²) in [6.07, 6.45) is 5.66. The highest BCUT2D eigenvalue weighted by Gasteiger charge is 2.27. The number of piperidine rings is 1. The van der Waals surface area contributed by atoms with E-state index in [0.29, 0.717) is 0 Å². The van der Waals surface area contributed by atoms with Crippen molar-refractivity contribution in [2.45, 2.75) is 31.3 Å². The van der Waals surface area contributed by atoms with Crippen LogP contribution in [0, 0.1) is 0 Å². The van der Waals surface area contributed by atoms with Crippen LogP contribution in [0.4, 0.5) is 0 Å². The van der Waals surface area contributed by atoms with Gasteiger partial charge in [0, 0.05) is 6.54 Å². The lowest BCUT2D eigenvalue weighted by atomic mass is 9.89. The summed E-state index contributed by atoms with van der Waals surface area (Å²) in [4.78, 5) is 0. The van der Waals surface area contributed by atoms with E-state index in [2.05, 4.69) is 11.9 Å². The molecule has 0 aromatic carbocycles. The van der Waals surface area contributed by atoms with Gasteiger partial charge in [0.15, 0.2) is 0 Å². The first-order chi connectivity index (χ1) is 5.27. The molecule has 0 bridgehead atoms. The van der Waals surface area contributed by atoms with Crippen molar-refractivity contribution < 1.29 is 5.11 Å². The predicted octanol–water partition coefficient (Wildman–Crippen LogP) is 1.07. The Morgan fingerprint density at radius 2 is 2.45 bits per heavy atom. The lowest BCUT2D eigenvalue weighted by Crippen LogP contribution is -2.45. The van der Waals surface area contributed by atoms with E-state index in [1.165, 1.54) is 0 Å². The summed E-state index contributed by atoms with van der Waals surface area (Å²) in [7, 11) is 0. The van der Waals surface area contributed by atoms with Gasteiger partial charge in [-0.1, -0.05) is 6.08 Å². The van der Waals surface area contributed by atoms with Crippen LogP contribution in [0.2, 0.25) is 0 Å². The van der Waals surface area contributed by atoms with Gasteiger partial charge in [-0.25, -0.2) is 0 Å². The number of nitrogens with one attached hydrogen (secondary N) is 1. The molecule has 1 rings (SSSR count). The zero-order valence-corrected chi connectivity index (χ0v) is 6.97. The molecule has 0 saturated carbocycles. The van der Waals surface area contributed by atoms with Crippen LogP contribution in [0.3, 0.4) is 0 Å². The predicted molar refractivity (Wildman–Crippen MR) is 46.5 cm³/mol. The molecule has 2 N–H and O–H groups in total. The zero-order valence-electron chi connectivity index (χ0n) is 6.97. The van der Waals surface area contributed by atoms with Crippen LogP contribution >= 0.6 is 0 Å². The monoisotopic (exact) mass is 155 g/mol. The van der Waals surface area contributed by atoms with Gasteiger partial charge in [-0.3, -0.25) is 0 Å². The summed E-state index contributed by atoms with van der Waals surface area (Å²) < 4.78 is 0. The van der Waals surface area contributed by atoms with Gasteiger partial charge >= 0.3 is 0 Å². The molecular weight excluding hydrogens is 138 g/mol. The first-order valence-electron chi connectivity index (χ1n) is 4.31. The third kappa shape index (κ3) is 2.64. The highest BCUT2D eigenvalue weighted by molar-refractivity contribution is 4.87. The van der Waals surface area contributed by atoms with Crippen molar-refractivity contribution in [2.24, 2.45) is 0 Å². The van der Waals surface area contributed by atoms with Crippen molar-refractivity contribution in [1.29, 1.82) is 0 Å². The Hall–Kier alpha value is -0.340. The van der Waals surface area contributed by atoms with Crippen LogP contribution in [-0.2, 0) is 0 Å². The Labute approximate surface area is 68.3 Å². The molecule has 64 valence electrons. The fourth-order valence-corrected chi connectivity index (χ4v) is 1.54. The largest absolute Gasteiger partial charge is 0.389 e. The second-order valence-electron chi connectivity index (χ2n) is 3.33. The van der Waals surface area contributed by atoms with Crippen molar-refractivity contribution in [1.82, 2.24) is 5.32 Å². The molecule has 0 radical (unpaired) electrons. The molecule has 1 saturated heterocycles. The number of allylic oxidation sites excluding steroid dienone is 1. The van der Waals surface area contributed by atoms with E-state index in [1.807, 2.05) is 6.08 Å². The molecule has 1 aliphatic rings. The summed E-state index contributed by atoms with van der Waals surface area (Å²) in [6, 6.07) is 0. The number of aliphatic hydroxyl groups is 1. The molecule has 0 aliphatic carbocycles. The fraction of sp³-hybridized carbons (Fsp3) is 0.778. The minimum Gasteiger partial charge on any atom is -0.389 e. The molecule has 1 unspecified atom stereocenters. The topological polar surface area (TPSA) is 32.3 Å². The van der Waals surface area contributed by atoms with Crippen LogP contribution in [0.1, 0.15) is 25.7 Å². The van der Waals surface area contributed by atoms with Crippen molar-refractivity contribution in [3.8, 4) is 0 Å². The van der Waals surface area contributed by atoms with Gasteiger partial charge in [-0.15, -0.1) is 6.58 Å². The Balaban J connectivity index is 2.30. The summed E-state index contributed by atoms with van der Waals surface area (Å²) in [6.45, 7) is 5.45. The van der Waals surface area contributed by atoms with Crippen molar-refractivity contribution in [3.63, 3.8) is 0 Å². The van der Waals surface area contributed by atoms with Crippen LogP contribution < -0.4 is 5.32 Å². The maximum Gasteiger partial charge on any atom is 0.0775 e. The van der Waals surface area contributed by atoms with E-state index in [9.17, 15) is 5.11 Å². The lowest BCUT2D eigenvalue weighted by molar-refractivity contribution is 0.00950. The third-order valence-electron chi connectivity index (χ3n) is 2.26. The maximum absolute atomic E-state index is 9.89. The van der Waals surface area contributed by atoms with E-state index in [4.69, 9.17) is 0 Å². The first kappa shape index (κ1) is 8.75. The second kappa shape index (κ2) is 3.88. The molecule has 0 spiro atoms. The highest BCUT2D eigenvalue weighted by Crippen LogP contribution is 2.21.